The molecule has 3 aromatic rings. The normalized spacial score (nSPS) is 17.6. The molecule has 10 nitrogen and oxygen atoms in total. The van der Waals surface area contributed by atoms with Gasteiger partial charge >= 0.3 is 12.1 Å². The van der Waals surface area contributed by atoms with Gasteiger partial charge in [0.25, 0.3) is 5.91 Å². The van der Waals surface area contributed by atoms with Crippen molar-refractivity contribution >= 4 is 56.7 Å². The van der Waals surface area contributed by atoms with E-state index >= 15 is 0 Å². The van der Waals surface area contributed by atoms with E-state index in [1.165, 1.54) is 17.0 Å². The van der Waals surface area contributed by atoms with E-state index in [0.29, 0.717) is 24.2 Å². The highest BCUT2D eigenvalue weighted by atomic mass is 35.5. The summed E-state index contributed by atoms with van der Waals surface area (Å²) in [6, 6.07) is 18.1. The zero-order chi connectivity index (χ0) is 33.7. The van der Waals surface area contributed by atoms with Crippen LogP contribution < -0.4 is 10.6 Å². The molecule has 2 amide bonds. The SMILES string of the molecule is CC(C)(C)OC(=O)N1CCCC(CN[C@@H](Cc2ccc(NC(=O)c3c(Cl)cccc3Cl)cc2)C(=O)O)(S(=O)(=O)c2ccccc2)C1. The van der Waals surface area contributed by atoms with Crippen LogP contribution in [-0.4, -0.2) is 72.4 Å². The number of rotatable bonds is 10. The lowest BCUT2D eigenvalue weighted by atomic mass is 9.96. The van der Waals surface area contributed by atoms with Crippen LogP contribution in [0.3, 0.4) is 0 Å². The number of likely N-dealkylation sites (tertiary alicyclic amines) is 1. The Morgan fingerprint density at radius 3 is 2.20 bits per heavy atom. The summed E-state index contributed by atoms with van der Waals surface area (Å²) in [5.41, 5.74) is 0.439. The minimum Gasteiger partial charge on any atom is -0.480 e. The number of nitrogens with zero attached hydrogens (tertiary/aromatic N) is 1. The number of aliphatic carboxylic acids is 1. The molecule has 1 fully saturated rings. The molecule has 0 aromatic heterocycles. The monoisotopic (exact) mass is 689 g/mol. The van der Waals surface area contributed by atoms with E-state index in [1.807, 2.05) is 0 Å². The Balaban J connectivity index is 1.53. The van der Waals surface area contributed by atoms with Crippen molar-refractivity contribution in [3.8, 4) is 0 Å². The van der Waals surface area contributed by atoms with Gasteiger partial charge in [0.2, 0.25) is 0 Å². The summed E-state index contributed by atoms with van der Waals surface area (Å²) in [6.07, 6.45) is -0.000132. The van der Waals surface area contributed by atoms with Crippen molar-refractivity contribution in [2.24, 2.45) is 0 Å². The van der Waals surface area contributed by atoms with E-state index in [4.69, 9.17) is 27.9 Å². The van der Waals surface area contributed by atoms with Crippen LogP contribution >= 0.6 is 23.2 Å². The van der Waals surface area contributed by atoms with Gasteiger partial charge < -0.3 is 25.4 Å². The fraction of sp³-hybridized carbons (Fsp3) is 0.364. The number of halogens is 2. The number of anilines is 1. The first-order valence-electron chi connectivity index (χ1n) is 14.7. The van der Waals surface area contributed by atoms with Crippen molar-refractivity contribution in [1.82, 2.24) is 10.2 Å². The highest BCUT2D eigenvalue weighted by Crippen LogP contribution is 2.35. The van der Waals surface area contributed by atoms with Crippen molar-refractivity contribution < 1.29 is 32.6 Å². The van der Waals surface area contributed by atoms with Crippen LogP contribution in [-0.2, 0) is 25.8 Å². The maximum absolute atomic E-state index is 14.2. The lowest BCUT2D eigenvalue weighted by Gasteiger charge is -2.43. The first kappa shape index (κ1) is 35.2. The highest BCUT2D eigenvalue weighted by molar-refractivity contribution is 7.93. The lowest BCUT2D eigenvalue weighted by Crippen LogP contribution is -2.61. The molecule has 0 aliphatic carbocycles. The average Bonchev–Trinajstić information content (AvgIpc) is 2.99. The second kappa shape index (κ2) is 14.4. The molecule has 0 radical (unpaired) electrons. The Hall–Kier alpha value is -3.64. The minimum atomic E-state index is -4.04. The number of piperidine rings is 1. The third kappa shape index (κ3) is 8.38. The molecule has 2 atom stereocenters. The van der Waals surface area contributed by atoms with Crippen LogP contribution in [0.4, 0.5) is 10.5 Å². The number of hydrogen-bond donors (Lipinski definition) is 3. The summed E-state index contributed by atoms with van der Waals surface area (Å²) in [7, 11) is -4.04. The second-order valence-electron chi connectivity index (χ2n) is 12.2. The Bertz CT molecular complexity index is 1660. The number of amides is 2. The van der Waals surface area contributed by atoms with E-state index < -0.39 is 44.2 Å². The molecule has 0 spiro atoms. The molecule has 1 heterocycles. The smallest absolute Gasteiger partial charge is 0.410 e. The predicted molar refractivity (Wildman–Crippen MR) is 177 cm³/mol. The van der Waals surface area contributed by atoms with Gasteiger partial charge in [0.15, 0.2) is 9.84 Å². The molecule has 1 unspecified atom stereocenters. The maximum Gasteiger partial charge on any atom is 0.410 e. The van der Waals surface area contributed by atoms with Crippen LogP contribution in [0.5, 0.6) is 0 Å². The number of benzene rings is 3. The molecule has 246 valence electrons. The van der Waals surface area contributed by atoms with Crippen molar-refractivity contribution in [1.29, 1.82) is 0 Å². The molecule has 13 heteroatoms. The third-order valence-electron chi connectivity index (χ3n) is 7.62. The van der Waals surface area contributed by atoms with Crippen molar-refractivity contribution in [2.45, 2.75) is 61.3 Å². The van der Waals surface area contributed by atoms with Crippen LogP contribution in [0.25, 0.3) is 0 Å². The van der Waals surface area contributed by atoms with Crippen LogP contribution in [0.1, 0.15) is 49.5 Å². The summed E-state index contributed by atoms with van der Waals surface area (Å²) >= 11 is 12.3. The van der Waals surface area contributed by atoms with Gasteiger partial charge in [-0.3, -0.25) is 9.59 Å². The van der Waals surface area contributed by atoms with Crippen LogP contribution in [0.15, 0.2) is 77.7 Å². The molecule has 4 rings (SSSR count). The second-order valence-corrected chi connectivity index (χ2v) is 15.4. The number of carboxylic acids is 1. The first-order chi connectivity index (χ1) is 21.6. The average molecular weight is 691 g/mol. The van der Waals surface area contributed by atoms with Crippen molar-refractivity contribution in [3.63, 3.8) is 0 Å². The topological polar surface area (TPSA) is 142 Å². The van der Waals surface area contributed by atoms with E-state index in [2.05, 4.69) is 10.6 Å². The van der Waals surface area contributed by atoms with Gasteiger partial charge in [0.05, 0.1) is 20.5 Å². The molecule has 1 saturated heterocycles. The number of carbonyl (C=O) groups is 3. The number of nitrogens with one attached hydrogen (secondary N) is 2. The zero-order valence-electron chi connectivity index (χ0n) is 25.8. The molecule has 0 bridgehead atoms. The quantitative estimate of drug-likeness (QED) is 0.233. The first-order valence-corrected chi connectivity index (χ1v) is 16.9. The number of hydrogen-bond acceptors (Lipinski definition) is 7. The fourth-order valence-corrected chi connectivity index (χ4v) is 7.91. The van der Waals surface area contributed by atoms with Crippen LogP contribution in [0.2, 0.25) is 10.0 Å². The number of carboxylic acid groups (broad SMARTS) is 1. The van der Waals surface area contributed by atoms with Crippen LogP contribution in [0, 0.1) is 0 Å². The molecular weight excluding hydrogens is 653 g/mol. The van der Waals surface area contributed by atoms with Crippen molar-refractivity contribution in [3.05, 3.63) is 94.0 Å². The molecule has 1 aliphatic heterocycles. The summed E-state index contributed by atoms with van der Waals surface area (Å²) in [5, 5.41) is 16.2. The van der Waals surface area contributed by atoms with Gasteiger partial charge in [-0.05, 0) is 82.0 Å². The maximum atomic E-state index is 14.2. The molecule has 46 heavy (non-hydrogen) atoms. The number of carbonyl (C=O) groups excluding carboxylic acids is 2. The largest absolute Gasteiger partial charge is 0.480 e. The number of ether oxygens (including phenoxy) is 1. The highest BCUT2D eigenvalue weighted by Gasteiger charge is 2.49. The summed E-state index contributed by atoms with van der Waals surface area (Å²) in [6.45, 7) is 5.13. The Labute approximate surface area is 278 Å². The summed E-state index contributed by atoms with van der Waals surface area (Å²) < 4.78 is 32.3. The zero-order valence-corrected chi connectivity index (χ0v) is 28.1. The lowest BCUT2D eigenvalue weighted by molar-refractivity contribution is -0.139. The van der Waals surface area contributed by atoms with Crippen molar-refractivity contribution in [2.75, 3.05) is 25.0 Å². The molecule has 1 aliphatic rings. The van der Waals surface area contributed by atoms with Gasteiger partial charge in [0, 0.05) is 25.3 Å². The standard InChI is InChI=1S/C33H37Cl2N3O7S/c1-32(2,3)45-31(42)38-18-8-17-33(21-38,46(43,44)24-9-5-4-6-10-24)20-36-27(30(40)41)19-22-13-15-23(16-14-22)37-29(39)28-25(34)11-7-12-26(28)35/h4-7,9-16,27,36H,8,17-21H2,1-3H3,(H,37,39)(H,40,41)/t27-,33?/m0/s1. The molecule has 3 aromatic carbocycles. The molecular formula is C33H37Cl2N3O7S. The Morgan fingerprint density at radius 2 is 1.61 bits per heavy atom. The van der Waals surface area contributed by atoms with Gasteiger partial charge in [-0.25, -0.2) is 13.2 Å². The van der Waals surface area contributed by atoms with Gasteiger partial charge in [-0.15, -0.1) is 0 Å². The number of sulfone groups is 1. The summed E-state index contributed by atoms with van der Waals surface area (Å²) in [5.74, 6) is -1.66. The molecule has 3 N–H and O–H groups in total. The van der Waals surface area contributed by atoms with E-state index in [9.17, 15) is 27.9 Å². The van der Waals surface area contributed by atoms with E-state index in [1.54, 1.807) is 81.4 Å². The summed E-state index contributed by atoms with van der Waals surface area (Å²) in [4.78, 5) is 39.6. The van der Waals surface area contributed by atoms with Gasteiger partial charge in [-0.2, -0.15) is 0 Å². The van der Waals surface area contributed by atoms with E-state index in [0.717, 1.165) is 0 Å². The Kier molecular flexibility index (Phi) is 11.0. The molecule has 0 saturated carbocycles. The van der Waals surface area contributed by atoms with Gasteiger partial charge in [0.1, 0.15) is 16.4 Å². The third-order valence-corrected chi connectivity index (χ3v) is 10.8. The van der Waals surface area contributed by atoms with E-state index in [-0.39, 0.29) is 46.4 Å². The minimum absolute atomic E-state index is 0.0249. The Morgan fingerprint density at radius 1 is 0.978 bits per heavy atom. The van der Waals surface area contributed by atoms with Gasteiger partial charge in [-0.1, -0.05) is 59.6 Å². The fourth-order valence-electron chi connectivity index (χ4n) is 5.31. The predicted octanol–water partition coefficient (Wildman–Crippen LogP) is 6.07.